The molecule has 0 saturated carbocycles. The van der Waals surface area contributed by atoms with Crippen molar-refractivity contribution in [2.24, 2.45) is 0 Å². The summed E-state index contributed by atoms with van der Waals surface area (Å²) in [6.45, 7) is 1.40. The smallest absolute Gasteiger partial charge is 0.147 e. The lowest BCUT2D eigenvalue weighted by Gasteiger charge is -2.15. The first-order chi connectivity index (χ1) is 9.95. The first-order valence-electron chi connectivity index (χ1n) is 6.22. The van der Waals surface area contributed by atoms with E-state index in [1.807, 2.05) is 0 Å². The first kappa shape index (κ1) is 16.0. The Morgan fingerprint density at radius 3 is 2.62 bits per heavy atom. The lowest BCUT2D eigenvalue weighted by Crippen LogP contribution is -2.05. The minimum Gasteiger partial charge on any atom is -0.496 e. The fourth-order valence-corrected chi connectivity index (χ4v) is 2.62. The van der Waals surface area contributed by atoms with Crippen LogP contribution in [0.15, 0.2) is 36.4 Å². The van der Waals surface area contributed by atoms with Crippen LogP contribution in [0.4, 0.5) is 4.39 Å². The standard InChI is InChI=1S/C16H13BrClFO2/c1-9(20)15(17)12-6-7-13(21-2)14(16(12)19)10-4-3-5-11(18)8-10/h3-8,15H,1-2H3. The van der Waals surface area contributed by atoms with Gasteiger partial charge >= 0.3 is 0 Å². The van der Waals surface area contributed by atoms with Crippen molar-refractivity contribution in [2.45, 2.75) is 11.8 Å². The van der Waals surface area contributed by atoms with Crippen LogP contribution in [0, 0.1) is 5.82 Å². The van der Waals surface area contributed by atoms with Crippen LogP contribution in [-0.4, -0.2) is 12.9 Å². The van der Waals surface area contributed by atoms with Gasteiger partial charge in [-0.2, -0.15) is 0 Å². The maximum Gasteiger partial charge on any atom is 0.147 e. The molecule has 0 saturated heterocycles. The lowest BCUT2D eigenvalue weighted by atomic mass is 9.98. The quantitative estimate of drug-likeness (QED) is 0.692. The number of ketones is 1. The zero-order valence-corrected chi connectivity index (χ0v) is 13.8. The third-order valence-corrected chi connectivity index (χ3v) is 4.47. The summed E-state index contributed by atoms with van der Waals surface area (Å²) >= 11 is 9.18. The van der Waals surface area contributed by atoms with E-state index in [4.69, 9.17) is 16.3 Å². The Labute approximate surface area is 136 Å². The third-order valence-electron chi connectivity index (χ3n) is 3.10. The number of Topliss-reactive ketones (excluding diaryl/α,β-unsaturated/α-hetero) is 1. The normalized spacial score (nSPS) is 12.0. The molecule has 2 aromatic rings. The molecule has 0 amide bonds. The SMILES string of the molecule is COc1ccc(C(Br)C(C)=O)c(F)c1-c1cccc(Cl)c1. The molecule has 0 radical (unpaired) electrons. The Kier molecular flexibility index (Phi) is 5.01. The molecular formula is C16H13BrClFO2. The van der Waals surface area contributed by atoms with E-state index in [1.165, 1.54) is 14.0 Å². The van der Waals surface area contributed by atoms with Gasteiger partial charge in [0.1, 0.15) is 22.2 Å². The van der Waals surface area contributed by atoms with Crippen molar-refractivity contribution < 1.29 is 13.9 Å². The molecule has 0 aliphatic carbocycles. The van der Waals surface area contributed by atoms with Gasteiger partial charge < -0.3 is 4.74 Å². The highest BCUT2D eigenvalue weighted by molar-refractivity contribution is 9.09. The first-order valence-corrected chi connectivity index (χ1v) is 7.52. The van der Waals surface area contributed by atoms with Gasteiger partial charge in [0.25, 0.3) is 0 Å². The molecule has 0 bridgehead atoms. The number of methoxy groups -OCH3 is 1. The molecule has 0 heterocycles. The van der Waals surface area contributed by atoms with Gasteiger partial charge in [-0.25, -0.2) is 4.39 Å². The zero-order chi connectivity index (χ0) is 15.6. The highest BCUT2D eigenvalue weighted by atomic mass is 79.9. The number of carbonyl (C=O) groups excluding carboxylic acids is 1. The average Bonchev–Trinajstić information content (AvgIpc) is 2.45. The summed E-state index contributed by atoms with van der Waals surface area (Å²) in [5.41, 5.74) is 1.17. The average molecular weight is 372 g/mol. The summed E-state index contributed by atoms with van der Waals surface area (Å²) in [6.07, 6.45) is 0. The van der Waals surface area contributed by atoms with E-state index in [0.29, 0.717) is 21.9 Å². The number of rotatable bonds is 4. The van der Waals surface area contributed by atoms with Crippen molar-refractivity contribution in [2.75, 3.05) is 7.11 Å². The van der Waals surface area contributed by atoms with Crippen LogP contribution in [0.1, 0.15) is 17.3 Å². The van der Waals surface area contributed by atoms with E-state index in [-0.39, 0.29) is 11.3 Å². The van der Waals surface area contributed by atoms with Crippen molar-refractivity contribution in [3.8, 4) is 16.9 Å². The number of halogens is 3. The summed E-state index contributed by atoms with van der Waals surface area (Å²) < 4.78 is 20.1. The Bertz CT molecular complexity index is 688. The molecule has 0 fully saturated rings. The van der Waals surface area contributed by atoms with Gasteiger partial charge in [-0.1, -0.05) is 45.7 Å². The van der Waals surface area contributed by atoms with E-state index < -0.39 is 10.6 Å². The fraction of sp³-hybridized carbons (Fsp3) is 0.188. The van der Waals surface area contributed by atoms with E-state index in [2.05, 4.69) is 15.9 Å². The van der Waals surface area contributed by atoms with Gasteiger partial charge in [-0.05, 0) is 30.7 Å². The van der Waals surface area contributed by atoms with Crippen molar-refractivity contribution in [3.63, 3.8) is 0 Å². The monoisotopic (exact) mass is 370 g/mol. The number of hydrogen-bond acceptors (Lipinski definition) is 2. The van der Waals surface area contributed by atoms with Gasteiger partial charge in [-0.3, -0.25) is 4.79 Å². The zero-order valence-electron chi connectivity index (χ0n) is 11.5. The van der Waals surface area contributed by atoms with Gasteiger partial charge in [-0.15, -0.1) is 0 Å². The Morgan fingerprint density at radius 1 is 1.33 bits per heavy atom. The van der Waals surface area contributed by atoms with Gasteiger partial charge in [0, 0.05) is 10.6 Å². The summed E-state index contributed by atoms with van der Waals surface area (Å²) in [6, 6.07) is 10.0. The number of carbonyl (C=O) groups is 1. The van der Waals surface area contributed by atoms with Crippen LogP contribution in [0.5, 0.6) is 5.75 Å². The second kappa shape index (κ2) is 6.58. The molecule has 0 aliphatic heterocycles. The fourth-order valence-electron chi connectivity index (χ4n) is 2.07. The van der Waals surface area contributed by atoms with E-state index in [9.17, 15) is 9.18 Å². The number of ether oxygens (including phenoxy) is 1. The van der Waals surface area contributed by atoms with Crippen LogP contribution in [-0.2, 0) is 4.79 Å². The Morgan fingerprint density at radius 2 is 2.05 bits per heavy atom. The minimum absolute atomic E-state index is 0.170. The molecule has 0 aromatic heterocycles. The molecule has 2 rings (SSSR count). The number of benzene rings is 2. The highest BCUT2D eigenvalue weighted by Gasteiger charge is 2.22. The minimum atomic E-state index is -0.693. The van der Waals surface area contributed by atoms with E-state index in [0.717, 1.165) is 0 Å². The molecule has 1 unspecified atom stereocenters. The molecule has 21 heavy (non-hydrogen) atoms. The largest absolute Gasteiger partial charge is 0.496 e. The van der Waals surface area contributed by atoms with E-state index >= 15 is 0 Å². The second-order valence-corrected chi connectivity index (χ2v) is 5.88. The van der Waals surface area contributed by atoms with Gasteiger partial charge in [0.2, 0.25) is 0 Å². The summed E-state index contributed by atoms with van der Waals surface area (Å²) in [5.74, 6) is -0.272. The Balaban J connectivity index is 2.68. The summed E-state index contributed by atoms with van der Waals surface area (Å²) in [7, 11) is 1.47. The van der Waals surface area contributed by atoms with Crippen LogP contribution < -0.4 is 4.74 Å². The van der Waals surface area contributed by atoms with Crippen molar-refractivity contribution in [1.82, 2.24) is 0 Å². The molecule has 0 N–H and O–H groups in total. The molecule has 110 valence electrons. The highest BCUT2D eigenvalue weighted by Crippen LogP contribution is 2.38. The number of alkyl halides is 1. The predicted molar refractivity (Wildman–Crippen MR) is 85.7 cm³/mol. The molecule has 0 aliphatic rings. The van der Waals surface area contributed by atoms with Gasteiger partial charge in [0.15, 0.2) is 0 Å². The third kappa shape index (κ3) is 3.27. The van der Waals surface area contributed by atoms with Crippen LogP contribution in [0.2, 0.25) is 5.02 Å². The predicted octanol–water partition coefficient (Wildman–Crippen LogP) is 5.18. The van der Waals surface area contributed by atoms with Crippen LogP contribution in [0.3, 0.4) is 0 Å². The molecule has 2 nitrogen and oxygen atoms in total. The lowest BCUT2D eigenvalue weighted by molar-refractivity contribution is -0.116. The maximum absolute atomic E-state index is 14.8. The van der Waals surface area contributed by atoms with Crippen molar-refractivity contribution in [1.29, 1.82) is 0 Å². The molecule has 5 heteroatoms. The van der Waals surface area contributed by atoms with Crippen molar-refractivity contribution >= 4 is 33.3 Å². The molecule has 0 spiro atoms. The van der Waals surface area contributed by atoms with Crippen LogP contribution >= 0.6 is 27.5 Å². The van der Waals surface area contributed by atoms with Crippen molar-refractivity contribution in [3.05, 3.63) is 52.8 Å². The summed E-state index contributed by atoms with van der Waals surface area (Å²) in [4.78, 5) is 10.8. The maximum atomic E-state index is 14.8. The second-order valence-electron chi connectivity index (χ2n) is 4.53. The van der Waals surface area contributed by atoms with Crippen LogP contribution in [0.25, 0.3) is 11.1 Å². The number of hydrogen-bond donors (Lipinski definition) is 0. The van der Waals surface area contributed by atoms with E-state index in [1.54, 1.807) is 36.4 Å². The Hall–Kier alpha value is -1.39. The van der Waals surface area contributed by atoms with Gasteiger partial charge in [0.05, 0.1) is 12.7 Å². The molecule has 2 aromatic carbocycles. The summed E-state index contributed by atoms with van der Waals surface area (Å²) in [5, 5.41) is 0.501. The topological polar surface area (TPSA) is 26.3 Å². The molecule has 1 atom stereocenters. The molecular weight excluding hydrogens is 359 g/mol.